The van der Waals surface area contributed by atoms with Gasteiger partial charge in [-0.3, -0.25) is 0 Å². The van der Waals surface area contributed by atoms with Crippen molar-refractivity contribution in [2.24, 2.45) is 0 Å². The Morgan fingerprint density at radius 3 is 2.43 bits per heavy atom. The van der Waals surface area contributed by atoms with Crippen molar-refractivity contribution < 1.29 is 24.1 Å². The number of ether oxygens (including phenoxy) is 3. The lowest BCUT2D eigenvalue weighted by atomic mass is 10.2. The van der Waals surface area contributed by atoms with E-state index in [1.807, 2.05) is 0 Å². The highest BCUT2D eigenvalue weighted by Crippen LogP contribution is 2.24. The Balaban J connectivity index is 2.18. The van der Waals surface area contributed by atoms with Gasteiger partial charge in [-0.05, 0) is 29.8 Å². The van der Waals surface area contributed by atoms with Gasteiger partial charge in [-0.2, -0.15) is 0 Å². The third kappa shape index (κ3) is 3.62. The van der Waals surface area contributed by atoms with Crippen LogP contribution >= 0.6 is 0 Å². The van der Waals surface area contributed by atoms with E-state index in [9.17, 15) is 4.79 Å². The van der Waals surface area contributed by atoms with Crippen LogP contribution in [0.1, 0.15) is 16.1 Å². The molecule has 1 aromatic heterocycles. The highest BCUT2D eigenvalue weighted by atomic mass is 16.5. The summed E-state index contributed by atoms with van der Waals surface area (Å²) >= 11 is 0. The Kier molecular flexibility index (Phi) is 4.61. The molecule has 1 aromatic carbocycles. The van der Waals surface area contributed by atoms with Crippen LogP contribution in [0.25, 0.3) is 0 Å². The van der Waals surface area contributed by atoms with Crippen LogP contribution in [0.5, 0.6) is 17.2 Å². The zero-order valence-electron chi connectivity index (χ0n) is 11.7. The zero-order valence-corrected chi connectivity index (χ0v) is 11.7. The first-order valence-corrected chi connectivity index (χ1v) is 6.17. The number of carboxylic acid groups (broad SMARTS) is 1. The molecule has 21 heavy (non-hydrogen) atoms. The summed E-state index contributed by atoms with van der Waals surface area (Å²) in [6, 6.07) is 8.51. The molecule has 2 rings (SSSR count). The first-order chi connectivity index (χ1) is 10.1. The highest BCUT2D eigenvalue weighted by molar-refractivity contribution is 5.88. The molecule has 0 bridgehead atoms. The fourth-order valence-corrected chi connectivity index (χ4v) is 1.78. The number of aromatic nitrogens is 1. The van der Waals surface area contributed by atoms with Crippen molar-refractivity contribution in [2.75, 3.05) is 14.2 Å². The van der Waals surface area contributed by atoms with E-state index in [0.29, 0.717) is 11.5 Å². The van der Waals surface area contributed by atoms with Crippen LogP contribution in [-0.4, -0.2) is 30.3 Å². The van der Waals surface area contributed by atoms with Gasteiger partial charge in [0.25, 0.3) is 0 Å². The lowest BCUT2D eigenvalue weighted by Gasteiger charge is -2.11. The van der Waals surface area contributed by atoms with Gasteiger partial charge < -0.3 is 19.3 Å². The average molecular weight is 289 g/mol. The number of rotatable bonds is 6. The van der Waals surface area contributed by atoms with Gasteiger partial charge in [0.05, 0.1) is 14.2 Å². The molecule has 2 aromatic rings. The van der Waals surface area contributed by atoms with Crippen LogP contribution in [0.3, 0.4) is 0 Å². The van der Waals surface area contributed by atoms with E-state index in [1.165, 1.54) is 6.20 Å². The van der Waals surface area contributed by atoms with Crippen LogP contribution in [0.2, 0.25) is 0 Å². The highest BCUT2D eigenvalue weighted by Gasteiger charge is 2.12. The van der Waals surface area contributed by atoms with E-state index < -0.39 is 5.97 Å². The van der Waals surface area contributed by atoms with Gasteiger partial charge >= 0.3 is 5.97 Å². The minimum Gasteiger partial charge on any atom is -0.497 e. The van der Waals surface area contributed by atoms with Crippen molar-refractivity contribution in [2.45, 2.75) is 6.61 Å². The molecule has 0 aliphatic carbocycles. The topological polar surface area (TPSA) is 77.9 Å². The third-order valence-corrected chi connectivity index (χ3v) is 2.78. The summed E-state index contributed by atoms with van der Waals surface area (Å²) in [6.45, 7) is 0.180. The first-order valence-electron chi connectivity index (χ1n) is 6.17. The molecule has 0 unspecified atom stereocenters. The molecule has 0 radical (unpaired) electrons. The van der Waals surface area contributed by atoms with Gasteiger partial charge in [0, 0.05) is 12.3 Å². The lowest BCUT2D eigenvalue weighted by molar-refractivity contribution is 0.0685. The number of pyridine rings is 1. The van der Waals surface area contributed by atoms with Crippen molar-refractivity contribution in [3.05, 3.63) is 47.8 Å². The Bertz CT molecular complexity index is 619. The maximum Gasteiger partial charge on any atom is 0.358 e. The van der Waals surface area contributed by atoms with Gasteiger partial charge in [0.1, 0.15) is 18.1 Å². The van der Waals surface area contributed by atoms with E-state index in [-0.39, 0.29) is 18.1 Å². The first kappa shape index (κ1) is 14.6. The van der Waals surface area contributed by atoms with Gasteiger partial charge in [0.15, 0.2) is 11.4 Å². The quantitative estimate of drug-likeness (QED) is 0.879. The number of benzene rings is 1. The molecule has 110 valence electrons. The SMILES string of the molecule is COc1cc(COc2cccnc2C(=O)O)cc(OC)c1. The second-order valence-electron chi connectivity index (χ2n) is 4.16. The molecule has 0 atom stereocenters. The minimum atomic E-state index is -1.13. The monoisotopic (exact) mass is 289 g/mol. The fraction of sp³-hybridized carbons (Fsp3) is 0.200. The normalized spacial score (nSPS) is 10.0. The fourth-order valence-electron chi connectivity index (χ4n) is 1.78. The summed E-state index contributed by atoms with van der Waals surface area (Å²) in [5, 5.41) is 9.04. The van der Waals surface area contributed by atoms with E-state index in [2.05, 4.69) is 4.98 Å². The summed E-state index contributed by atoms with van der Waals surface area (Å²) in [6.07, 6.45) is 1.41. The summed E-state index contributed by atoms with van der Waals surface area (Å²) in [7, 11) is 3.12. The number of aromatic carboxylic acids is 1. The maximum atomic E-state index is 11.1. The van der Waals surface area contributed by atoms with E-state index in [0.717, 1.165) is 5.56 Å². The van der Waals surface area contributed by atoms with Crippen molar-refractivity contribution >= 4 is 5.97 Å². The molecule has 0 saturated carbocycles. The summed E-state index contributed by atoms with van der Waals surface area (Å²) in [5.41, 5.74) is 0.679. The number of carbonyl (C=O) groups is 1. The number of hydrogen-bond acceptors (Lipinski definition) is 5. The molecule has 0 amide bonds. The molecule has 6 nitrogen and oxygen atoms in total. The van der Waals surface area contributed by atoms with Crippen molar-refractivity contribution in [1.82, 2.24) is 4.98 Å². The average Bonchev–Trinajstić information content (AvgIpc) is 2.52. The lowest BCUT2D eigenvalue weighted by Crippen LogP contribution is -2.05. The summed E-state index contributed by atoms with van der Waals surface area (Å²) < 4.78 is 15.9. The molecule has 0 aliphatic rings. The predicted molar refractivity (Wildman–Crippen MR) is 75.1 cm³/mol. The molecule has 1 N–H and O–H groups in total. The van der Waals surface area contributed by atoms with Crippen LogP contribution < -0.4 is 14.2 Å². The Hall–Kier alpha value is -2.76. The van der Waals surface area contributed by atoms with Crippen LogP contribution in [0.4, 0.5) is 0 Å². The Morgan fingerprint density at radius 1 is 1.19 bits per heavy atom. The van der Waals surface area contributed by atoms with Gasteiger partial charge in [0.2, 0.25) is 0 Å². The van der Waals surface area contributed by atoms with E-state index in [4.69, 9.17) is 19.3 Å². The van der Waals surface area contributed by atoms with Gasteiger partial charge in [-0.1, -0.05) is 0 Å². The van der Waals surface area contributed by atoms with Crippen molar-refractivity contribution in [1.29, 1.82) is 0 Å². The molecule has 1 heterocycles. The van der Waals surface area contributed by atoms with Crippen LogP contribution in [0, 0.1) is 0 Å². The molecular weight excluding hydrogens is 274 g/mol. The smallest absolute Gasteiger partial charge is 0.358 e. The number of methoxy groups -OCH3 is 2. The standard InChI is InChI=1S/C15H15NO5/c1-19-11-6-10(7-12(8-11)20-2)9-21-13-4-3-5-16-14(13)15(17)18/h3-8H,9H2,1-2H3,(H,17,18). The minimum absolute atomic E-state index is 0.118. The van der Waals surface area contributed by atoms with E-state index >= 15 is 0 Å². The maximum absolute atomic E-state index is 11.1. The summed E-state index contributed by atoms with van der Waals surface area (Å²) in [4.78, 5) is 14.8. The molecule has 0 aliphatic heterocycles. The molecule has 0 saturated heterocycles. The molecular formula is C15H15NO5. The second-order valence-corrected chi connectivity index (χ2v) is 4.16. The molecule has 0 spiro atoms. The van der Waals surface area contributed by atoms with Gasteiger partial charge in [-0.15, -0.1) is 0 Å². The molecule has 6 heteroatoms. The third-order valence-electron chi connectivity index (χ3n) is 2.78. The van der Waals surface area contributed by atoms with Crippen LogP contribution in [-0.2, 0) is 6.61 Å². The Morgan fingerprint density at radius 2 is 1.86 bits per heavy atom. The summed E-state index contributed by atoms with van der Waals surface area (Å²) in [5.74, 6) is 0.357. The van der Waals surface area contributed by atoms with Crippen LogP contribution in [0.15, 0.2) is 36.5 Å². The predicted octanol–water partition coefficient (Wildman–Crippen LogP) is 2.38. The number of carboxylic acids is 1. The van der Waals surface area contributed by atoms with Crippen molar-refractivity contribution in [3.63, 3.8) is 0 Å². The van der Waals surface area contributed by atoms with E-state index in [1.54, 1.807) is 44.6 Å². The number of nitrogens with zero attached hydrogens (tertiary/aromatic N) is 1. The molecule has 0 fully saturated rings. The number of hydrogen-bond donors (Lipinski definition) is 1. The van der Waals surface area contributed by atoms with Crippen molar-refractivity contribution in [3.8, 4) is 17.2 Å². The largest absolute Gasteiger partial charge is 0.497 e. The second kappa shape index (κ2) is 6.60. The van der Waals surface area contributed by atoms with Gasteiger partial charge in [-0.25, -0.2) is 9.78 Å². The Labute approximate surface area is 121 Å². The zero-order chi connectivity index (χ0) is 15.2.